The Bertz CT molecular complexity index is 482. The zero-order chi connectivity index (χ0) is 14.5. The molecule has 0 spiro atoms. The molecule has 1 aromatic rings. The first kappa shape index (κ1) is 14.9. The summed E-state index contributed by atoms with van der Waals surface area (Å²) in [5.74, 6) is -0.666. The predicted molar refractivity (Wildman–Crippen MR) is 76.5 cm³/mol. The van der Waals surface area contributed by atoms with Crippen LogP contribution < -0.4 is 10.6 Å². The van der Waals surface area contributed by atoms with Crippen molar-refractivity contribution < 1.29 is 9.59 Å². The van der Waals surface area contributed by atoms with Crippen LogP contribution in [-0.4, -0.2) is 53.1 Å². The third kappa shape index (κ3) is 3.97. The lowest BCUT2D eigenvalue weighted by atomic mass is 10.1. The summed E-state index contributed by atoms with van der Waals surface area (Å²) in [6.45, 7) is 6.73. The van der Waals surface area contributed by atoms with Gasteiger partial charge in [0.05, 0.1) is 0 Å². The Balaban J connectivity index is 1.90. The van der Waals surface area contributed by atoms with Gasteiger partial charge in [0.25, 0.3) is 0 Å². The molecule has 0 radical (unpaired) electrons. The fourth-order valence-electron chi connectivity index (χ4n) is 1.90. The van der Waals surface area contributed by atoms with E-state index in [9.17, 15) is 9.59 Å². The zero-order valence-electron chi connectivity index (χ0n) is 11.7. The number of piperazine rings is 1. The molecule has 2 rings (SSSR count). The van der Waals surface area contributed by atoms with Gasteiger partial charge in [0, 0.05) is 32.6 Å². The maximum atomic E-state index is 11.9. The Hall–Kier alpha value is -1.54. The lowest BCUT2D eigenvalue weighted by Gasteiger charge is -2.26. The van der Waals surface area contributed by atoms with Crippen molar-refractivity contribution in [2.24, 2.45) is 5.92 Å². The Morgan fingerprint density at radius 1 is 1.35 bits per heavy atom. The van der Waals surface area contributed by atoms with E-state index >= 15 is 0 Å². The molecule has 0 bridgehead atoms. The van der Waals surface area contributed by atoms with Crippen molar-refractivity contribution in [1.29, 1.82) is 0 Å². The highest BCUT2D eigenvalue weighted by molar-refractivity contribution is 7.15. The minimum absolute atomic E-state index is 0.383. The van der Waals surface area contributed by atoms with Crippen LogP contribution in [0.5, 0.6) is 0 Å². The molecule has 2 amide bonds. The van der Waals surface area contributed by atoms with Crippen LogP contribution in [-0.2, 0) is 16.0 Å². The van der Waals surface area contributed by atoms with E-state index in [1.807, 2.05) is 0 Å². The minimum Gasteiger partial charge on any atom is -0.332 e. The van der Waals surface area contributed by atoms with E-state index in [2.05, 4.69) is 34.7 Å². The quantitative estimate of drug-likeness (QED) is 0.773. The van der Waals surface area contributed by atoms with Crippen molar-refractivity contribution in [2.75, 3.05) is 31.5 Å². The van der Waals surface area contributed by atoms with Gasteiger partial charge in [0.2, 0.25) is 5.13 Å². The van der Waals surface area contributed by atoms with Crippen LogP contribution in [0.4, 0.5) is 5.13 Å². The van der Waals surface area contributed by atoms with Gasteiger partial charge >= 0.3 is 11.8 Å². The fraction of sp³-hybridized carbons (Fsp3) is 0.667. The molecule has 0 aromatic carbocycles. The largest absolute Gasteiger partial charge is 0.332 e. The van der Waals surface area contributed by atoms with Crippen molar-refractivity contribution in [3.8, 4) is 0 Å². The summed E-state index contributed by atoms with van der Waals surface area (Å²) in [6, 6.07) is 0. The number of carbonyl (C=O) groups excluding carboxylic acids is 2. The minimum atomic E-state index is -0.640. The van der Waals surface area contributed by atoms with E-state index in [4.69, 9.17) is 0 Å². The van der Waals surface area contributed by atoms with E-state index in [1.54, 1.807) is 4.90 Å². The lowest BCUT2D eigenvalue weighted by Crippen LogP contribution is -2.49. The number of rotatable bonds is 3. The number of anilines is 1. The van der Waals surface area contributed by atoms with Crippen molar-refractivity contribution in [1.82, 2.24) is 20.4 Å². The average Bonchev–Trinajstić information content (AvgIpc) is 2.85. The first-order valence-corrected chi connectivity index (χ1v) is 7.51. The van der Waals surface area contributed by atoms with E-state index < -0.39 is 11.8 Å². The number of hydrogen-bond donors (Lipinski definition) is 2. The standard InChI is InChI=1S/C12H19N5O2S/c1-8(2)7-9-15-16-12(20-9)14-10(18)11(19)17-5-3-13-4-6-17/h8,13H,3-7H2,1-2H3,(H,14,16,18). The predicted octanol–water partition coefficient (Wildman–Crippen LogP) is 0.107. The highest BCUT2D eigenvalue weighted by Gasteiger charge is 2.24. The van der Waals surface area contributed by atoms with E-state index in [1.165, 1.54) is 11.3 Å². The van der Waals surface area contributed by atoms with E-state index in [0.29, 0.717) is 24.1 Å². The summed E-state index contributed by atoms with van der Waals surface area (Å²) in [4.78, 5) is 25.3. The molecule has 0 unspecified atom stereocenters. The topological polar surface area (TPSA) is 87.2 Å². The summed E-state index contributed by atoms with van der Waals surface area (Å²) >= 11 is 1.32. The van der Waals surface area contributed by atoms with Crippen LogP contribution in [0.1, 0.15) is 18.9 Å². The lowest BCUT2D eigenvalue weighted by molar-refractivity contribution is -0.143. The van der Waals surface area contributed by atoms with Crippen molar-refractivity contribution in [2.45, 2.75) is 20.3 Å². The normalized spacial score (nSPS) is 15.4. The average molecular weight is 297 g/mol. The molecule has 110 valence electrons. The van der Waals surface area contributed by atoms with Crippen LogP contribution >= 0.6 is 11.3 Å². The summed E-state index contributed by atoms with van der Waals surface area (Å²) in [5, 5.41) is 14.8. The van der Waals surface area contributed by atoms with E-state index in [-0.39, 0.29) is 0 Å². The molecule has 2 N–H and O–H groups in total. The van der Waals surface area contributed by atoms with Gasteiger partial charge in [-0.25, -0.2) is 0 Å². The van der Waals surface area contributed by atoms with Crippen LogP contribution in [0.25, 0.3) is 0 Å². The third-order valence-electron chi connectivity index (χ3n) is 2.87. The second kappa shape index (κ2) is 6.76. The second-order valence-corrected chi connectivity index (χ2v) is 6.16. The zero-order valence-corrected chi connectivity index (χ0v) is 12.5. The van der Waals surface area contributed by atoms with Crippen LogP contribution in [0.3, 0.4) is 0 Å². The van der Waals surface area contributed by atoms with Gasteiger partial charge in [-0.1, -0.05) is 25.2 Å². The maximum absolute atomic E-state index is 11.9. The Labute approximate surface area is 121 Å². The maximum Gasteiger partial charge on any atom is 0.315 e. The molecular weight excluding hydrogens is 278 g/mol. The molecule has 1 aliphatic heterocycles. The molecule has 8 heteroatoms. The molecule has 1 aromatic heterocycles. The van der Waals surface area contributed by atoms with Crippen molar-refractivity contribution >= 4 is 28.3 Å². The van der Waals surface area contributed by atoms with Gasteiger partial charge in [-0.2, -0.15) is 0 Å². The molecule has 1 aliphatic rings. The molecule has 0 saturated carbocycles. The molecule has 0 aliphatic carbocycles. The van der Waals surface area contributed by atoms with E-state index in [0.717, 1.165) is 24.5 Å². The van der Waals surface area contributed by atoms with Gasteiger partial charge in [0.1, 0.15) is 5.01 Å². The van der Waals surface area contributed by atoms with Crippen LogP contribution in [0.2, 0.25) is 0 Å². The Morgan fingerprint density at radius 3 is 2.70 bits per heavy atom. The second-order valence-electron chi connectivity index (χ2n) is 5.10. The number of carbonyl (C=O) groups is 2. The number of aromatic nitrogens is 2. The SMILES string of the molecule is CC(C)Cc1nnc(NC(=O)C(=O)N2CCNCC2)s1. The summed E-state index contributed by atoms with van der Waals surface area (Å²) in [7, 11) is 0. The van der Waals surface area contributed by atoms with Gasteiger partial charge in [0.15, 0.2) is 0 Å². The monoisotopic (exact) mass is 297 g/mol. The molecule has 20 heavy (non-hydrogen) atoms. The number of amides is 2. The molecule has 1 saturated heterocycles. The third-order valence-corrected chi connectivity index (χ3v) is 3.73. The highest BCUT2D eigenvalue weighted by atomic mass is 32.1. The van der Waals surface area contributed by atoms with Gasteiger partial charge in [-0.05, 0) is 5.92 Å². The first-order chi connectivity index (χ1) is 9.56. The Kier molecular flexibility index (Phi) is 5.02. The summed E-state index contributed by atoms with van der Waals surface area (Å²) in [6.07, 6.45) is 0.819. The van der Waals surface area contributed by atoms with Crippen LogP contribution in [0.15, 0.2) is 0 Å². The highest BCUT2D eigenvalue weighted by Crippen LogP contribution is 2.18. The van der Waals surface area contributed by atoms with Crippen molar-refractivity contribution in [3.63, 3.8) is 0 Å². The molecule has 2 heterocycles. The van der Waals surface area contributed by atoms with Crippen molar-refractivity contribution in [3.05, 3.63) is 5.01 Å². The fourth-order valence-corrected chi connectivity index (χ4v) is 2.84. The summed E-state index contributed by atoms with van der Waals surface area (Å²) < 4.78 is 0. The Morgan fingerprint density at radius 2 is 2.05 bits per heavy atom. The molecular formula is C12H19N5O2S. The van der Waals surface area contributed by atoms with Crippen LogP contribution in [0, 0.1) is 5.92 Å². The van der Waals surface area contributed by atoms with Gasteiger partial charge in [-0.3, -0.25) is 14.9 Å². The molecule has 7 nitrogen and oxygen atoms in total. The number of nitrogens with zero attached hydrogens (tertiary/aromatic N) is 3. The van der Waals surface area contributed by atoms with Gasteiger partial charge < -0.3 is 10.2 Å². The summed E-state index contributed by atoms with van der Waals surface area (Å²) in [5.41, 5.74) is 0. The first-order valence-electron chi connectivity index (χ1n) is 6.69. The molecule has 0 atom stereocenters. The molecule has 1 fully saturated rings. The number of hydrogen-bond acceptors (Lipinski definition) is 6. The number of nitrogens with one attached hydrogen (secondary N) is 2. The van der Waals surface area contributed by atoms with Gasteiger partial charge in [-0.15, -0.1) is 10.2 Å². The smallest absolute Gasteiger partial charge is 0.315 e.